The highest BCUT2D eigenvalue weighted by molar-refractivity contribution is 6.59. The molecule has 0 bridgehead atoms. The maximum atomic E-state index is 10.6. The van der Waals surface area contributed by atoms with Crippen LogP contribution >= 0.6 is 0 Å². The molecule has 0 rings (SSSR count). The van der Waals surface area contributed by atoms with Crippen LogP contribution in [0.3, 0.4) is 0 Å². The molecular weight excluding hydrogens is 178 g/mol. The molecule has 0 aliphatic carbocycles. The number of hydrogen-bond acceptors (Lipinski definition) is 2. The van der Waals surface area contributed by atoms with Crippen LogP contribution < -0.4 is 5.32 Å². The van der Waals surface area contributed by atoms with Gasteiger partial charge in [0.05, 0.1) is 14.0 Å². The second-order valence-corrected chi connectivity index (χ2v) is 8.37. The van der Waals surface area contributed by atoms with Gasteiger partial charge in [-0.15, -0.1) is 0 Å². The van der Waals surface area contributed by atoms with E-state index in [9.17, 15) is 5.11 Å². The van der Waals surface area contributed by atoms with Gasteiger partial charge in [-0.2, -0.15) is 0 Å². The fraction of sp³-hybridized carbons (Fsp3) is 1.00. The van der Waals surface area contributed by atoms with Crippen molar-refractivity contribution in [2.24, 2.45) is 5.41 Å². The summed E-state index contributed by atoms with van der Waals surface area (Å²) in [6.45, 7) is 14.5. The lowest BCUT2D eigenvalue weighted by Crippen LogP contribution is -2.58. The Kier molecular flexibility index (Phi) is 4.62. The number of nitrogens with one attached hydrogen (secondary N) is 1. The highest BCUT2D eigenvalue weighted by Crippen LogP contribution is 2.32. The third-order valence-corrected chi connectivity index (χ3v) is 5.88. The molecule has 0 radical (unpaired) electrons. The Morgan fingerprint density at radius 2 is 1.69 bits per heavy atom. The van der Waals surface area contributed by atoms with E-state index in [1.807, 2.05) is 0 Å². The second-order valence-electron chi connectivity index (χ2n) is 5.11. The van der Waals surface area contributed by atoms with Gasteiger partial charge in [0.15, 0.2) is 0 Å². The van der Waals surface area contributed by atoms with Crippen molar-refractivity contribution in [2.75, 3.05) is 13.1 Å². The molecule has 0 amide bonds. The zero-order chi connectivity index (χ0) is 10.7. The molecule has 0 fully saturated rings. The summed E-state index contributed by atoms with van der Waals surface area (Å²) in [5, 5.41) is 13.3. The molecule has 0 aliphatic rings. The first kappa shape index (κ1) is 13.1. The predicted molar refractivity (Wildman–Crippen MR) is 61.8 cm³/mol. The standard InChI is InChI=1S/C10H25NOSi/c1-7-11-8-10(12,13(5)6)9(2,3)4/h11-13H,7-8H2,1-6H3. The Balaban J connectivity index is 4.54. The van der Waals surface area contributed by atoms with Crippen molar-refractivity contribution in [1.82, 2.24) is 5.32 Å². The van der Waals surface area contributed by atoms with E-state index >= 15 is 0 Å². The van der Waals surface area contributed by atoms with E-state index in [0.29, 0.717) is 0 Å². The van der Waals surface area contributed by atoms with E-state index in [0.717, 1.165) is 13.1 Å². The molecule has 2 nitrogen and oxygen atoms in total. The molecule has 0 aromatic heterocycles. The first-order valence-corrected chi connectivity index (χ1v) is 8.07. The highest BCUT2D eigenvalue weighted by Gasteiger charge is 2.42. The first-order valence-electron chi connectivity index (χ1n) is 5.18. The predicted octanol–water partition coefficient (Wildman–Crippen LogP) is 1.40. The van der Waals surface area contributed by atoms with Gasteiger partial charge >= 0.3 is 0 Å². The van der Waals surface area contributed by atoms with Gasteiger partial charge in [-0.25, -0.2) is 0 Å². The number of likely N-dealkylation sites (N-methyl/N-ethyl adjacent to an activating group) is 1. The smallest absolute Gasteiger partial charge is 0.0715 e. The van der Waals surface area contributed by atoms with Crippen molar-refractivity contribution in [3.8, 4) is 0 Å². The molecule has 0 saturated heterocycles. The summed E-state index contributed by atoms with van der Waals surface area (Å²) in [6, 6.07) is 0. The lowest BCUT2D eigenvalue weighted by Gasteiger charge is -2.43. The number of aliphatic hydroxyl groups is 1. The van der Waals surface area contributed by atoms with Crippen molar-refractivity contribution in [3.05, 3.63) is 0 Å². The largest absolute Gasteiger partial charge is 0.392 e. The van der Waals surface area contributed by atoms with Crippen LogP contribution in [-0.2, 0) is 0 Å². The normalized spacial score (nSPS) is 17.5. The van der Waals surface area contributed by atoms with Crippen LogP contribution in [0.1, 0.15) is 27.7 Å². The van der Waals surface area contributed by atoms with Crippen LogP contribution in [0.5, 0.6) is 0 Å². The van der Waals surface area contributed by atoms with E-state index in [4.69, 9.17) is 0 Å². The van der Waals surface area contributed by atoms with Crippen LogP contribution in [0, 0.1) is 5.41 Å². The molecule has 3 heteroatoms. The fourth-order valence-corrected chi connectivity index (χ4v) is 3.94. The average molecular weight is 203 g/mol. The van der Waals surface area contributed by atoms with Gasteiger partial charge in [0.25, 0.3) is 0 Å². The summed E-state index contributed by atoms with van der Waals surface area (Å²) in [5.74, 6) is 0. The van der Waals surface area contributed by atoms with Crippen molar-refractivity contribution in [2.45, 2.75) is 46.0 Å². The van der Waals surface area contributed by atoms with E-state index in [-0.39, 0.29) is 5.41 Å². The van der Waals surface area contributed by atoms with Crippen molar-refractivity contribution in [1.29, 1.82) is 0 Å². The Morgan fingerprint density at radius 3 is 1.92 bits per heavy atom. The monoisotopic (exact) mass is 203 g/mol. The Hall–Kier alpha value is 0.137. The van der Waals surface area contributed by atoms with Gasteiger partial charge < -0.3 is 10.4 Å². The van der Waals surface area contributed by atoms with E-state index < -0.39 is 14.0 Å². The second kappa shape index (κ2) is 4.58. The quantitative estimate of drug-likeness (QED) is 0.677. The van der Waals surface area contributed by atoms with Crippen molar-refractivity contribution in [3.63, 3.8) is 0 Å². The van der Waals surface area contributed by atoms with E-state index in [1.54, 1.807) is 0 Å². The molecule has 2 N–H and O–H groups in total. The Morgan fingerprint density at radius 1 is 1.23 bits per heavy atom. The third-order valence-electron chi connectivity index (χ3n) is 2.90. The van der Waals surface area contributed by atoms with Crippen LogP contribution in [0.2, 0.25) is 13.1 Å². The summed E-state index contributed by atoms with van der Waals surface area (Å²) < 4.78 is 0. The highest BCUT2D eigenvalue weighted by atomic mass is 28.3. The lowest BCUT2D eigenvalue weighted by atomic mass is 9.88. The molecule has 1 unspecified atom stereocenters. The Bertz CT molecular complexity index is 153. The van der Waals surface area contributed by atoms with Crippen molar-refractivity contribution >= 4 is 8.80 Å². The molecule has 1 atom stereocenters. The molecule has 0 aromatic carbocycles. The molecule has 0 spiro atoms. The molecule has 0 heterocycles. The maximum absolute atomic E-state index is 10.6. The van der Waals surface area contributed by atoms with Gasteiger partial charge in [0, 0.05) is 6.54 Å². The van der Waals surface area contributed by atoms with E-state index in [2.05, 4.69) is 46.1 Å². The minimum atomic E-state index is -1.06. The van der Waals surface area contributed by atoms with Gasteiger partial charge in [-0.3, -0.25) is 0 Å². The van der Waals surface area contributed by atoms with Gasteiger partial charge in [0.2, 0.25) is 0 Å². The average Bonchev–Trinajstić information content (AvgIpc) is 1.97. The van der Waals surface area contributed by atoms with Crippen LogP contribution in [0.15, 0.2) is 0 Å². The molecule has 80 valence electrons. The first-order chi connectivity index (χ1) is 5.75. The molecule has 0 saturated carbocycles. The van der Waals surface area contributed by atoms with Gasteiger partial charge in [0.1, 0.15) is 0 Å². The fourth-order valence-electron chi connectivity index (χ4n) is 1.65. The Labute approximate surface area is 84.3 Å². The topological polar surface area (TPSA) is 32.3 Å². The molecule has 13 heavy (non-hydrogen) atoms. The minimum Gasteiger partial charge on any atom is -0.392 e. The van der Waals surface area contributed by atoms with Crippen LogP contribution in [0.25, 0.3) is 0 Å². The summed E-state index contributed by atoms with van der Waals surface area (Å²) >= 11 is 0. The van der Waals surface area contributed by atoms with Gasteiger partial charge in [-0.1, -0.05) is 40.8 Å². The molecule has 0 aromatic rings. The number of hydrogen-bond donors (Lipinski definition) is 2. The zero-order valence-corrected chi connectivity index (χ0v) is 11.1. The summed E-state index contributed by atoms with van der Waals surface area (Å²) in [7, 11) is -1.06. The summed E-state index contributed by atoms with van der Waals surface area (Å²) in [4.78, 5) is 0. The minimum absolute atomic E-state index is 0.0183. The number of rotatable bonds is 4. The third kappa shape index (κ3) is 3.08. The lowest BCUT2D eigenvalue weighted by molar-refractivity contribution is 0.0137. The van der Waals surface area contributed by atoms with Crippen LogP contribution in [-0.4, -0.2) is 32.2 Å². The van der Waals surface area contributed by atoms with Gasteiger partial charge in [-0.05, 0) is 12.0 Å². The van der Waals surface area contributed by atoms with E-state index in [1.165, 1.54) is 0 Å². The summed E-state index contributed by atoms with van der Waals surface area (Å²) in [6.07, 6.45) is 0. The summed E-state index contributed by atoms with van der Waals surface area (Å²) in [5.41, 5.74) is -0.0183. The van der Waals surface area contributed by atoms with Crippen LogP contribution in [0.4, 0.5) is 0 Å². The molecular formula is C10H25NOSi. The van der Waals surface area contributed by atoms with Crippen molar-refractivity contribution < 1.29 is 5.11 Å². The maximum Gasteiger partial charge on any atom is 0.0715 e. The zero-order valence-electron chi connectivity index (χ0n) is 9.94. The SMILES string of the molecule is CCNCC(O)([SiH](C)C)C(C)(C)C. The molecule has 0 aliphatic heterocycles.